The molecule has 1 aliphatic heterocycles. The molecule has 130 valence electrons. The van der Waals surface area contributed by atoms with Crippen molar-refractivity contribution in [3.8, 4) is 11.8 Å². The minimum atomic E-state index is -0.119. The Bertz CT molecular complexity index is 760. The number of amides is 1. The molecule has 3 rings (SSSR count). The second kappa shape index (κ2) is 7.86. The van der Waals surface area contributed by atoms with Crippen LogP contribution in [0.1, 0.15) is 35.2 Å². The fourth-order valence-electron chi connectivity index (χ4n) is 2.66. The average Bonchev–Trinajstić information content (AvgIpc) is 3.15. The summed E-state index contributed by atoms with van der Waals surface area (Å²) in [5, 5.41) is 8.78. The van der Waals surface area contributed by atoms with E-state index in [4.69, 9.17) is 19.2 Å². The Morgan fingerprint density at radius 2 is 2.12 bits per heavy atom. The molecule has 1 aliphatic rings. The van der Waals surface area contributed by atoms with Crippen LogP contribution >= 0.6 is 0 Å². The first-order chi connectivity index (χ1) is 12.2. The molecule has 0 radical (unpaired) electrons. The fourth-order valence-corrected chi connectivity index (χ4v) is 2.66. The van der Waals surface area contributed by atoms with E-state index in [0.29, 0.717) is 42.5 Å². The first kappa shape index (κ1) is 17.1. The van der Waals surface area contributed by atoms with Crippen molar-refractivity contribution < 1.29 is 18.7 Å². The quantitative estimate of drug-likeness (QED) is 0.836. The van der Waals surface area contributed by atoms with Crippen LogP contribution in [0.3, 0.4) is 0 Å². The van der Waals surface area contributed by atoms with Crippen molar-refractivity contribution >= 4 is 5.91 Å². The first-order valence-electron chi connectivity index (χ1n) is 8.32. The Morgan fingerprint density at radius 3 is 2.84 bits per heavy atom. The maximum absolute atomic E-state index is 12.5. The SMILES string of the molecule is CC[C@@H]1CN(C(=O)c2ccc(COc3ccc(C#N)cc3)o2)CCO1. The van der Waals surface area contributed by atoms with Crippen molar-refractivity contribution in [3.05, 3.63) is 53.5 Å². The van der Waals surface area contributed by atoms with Gasteiger partial charge in [-0.2, -0.15) is 5.26 Å². The van der Waals surface area contributed by atoms with E-state index in [1.165, 1.54) is 0 Å². The topological polar surface area (TPSA) is 75.7 Å². The van der Waals surface area contributed by atoms with Gasteiger partial charge in [0.05, 0.1) is 24.3 Å². The fraction of sp³-hybridized carbons (Fsp3) is 0.368. The molecule has 0 spiro atoms. The van der Waals surface area contributed by atoms with Crippen LogP contribution in [0.5, 0.6) is 5.75 Å². The lowest BCUT2D eigenvalue weighted by Gasteiger charge is -2.31. The number of hydrogen-bond donors (Lipinski definition) is 0. The van der Waals surface area contributed by atoms with Gasteiger partial charge in [-0.15, -0.1) is 0 Å². The highest BCUT2D eigenvalue weighted by Gasteiger charge is 2.25. The number of benzene rings is 1. The molecule has 1 amide bonds. The van der Waals surface area contributed by atoms with E-state index in [0.717, 1.165) is 6.42 Å². The molecule has 0 unspecified atom stereocenters. The lowest BCUT2D eigenvalue weighted by molar-refractivity contribution is -0.0236. The molecule has 0 N–H and O–H groups in total. The number of ether oxygens (including phenoxy) is 2. The number of nitrogens with zero attached hydrogens (tertiary/aromatic N) is 2. The molecule has 2 aromatic rings. The van der Waals surface area contributed by atoms with E-state index in [-0.39, 0.29) is 18.6 Å². The largest absolute Gasteiger partial charge is 0.486 e. The Kier molecular flexibility index (Phi) is 5.36. The van der Waals surface area contributed by atoms with Gasteiger partial charge >= 0.3 is 0 Å². The molecule has 1 fully saturated rings. The molecular weight excluding hydrogens is 320 g/mol. The van der Waals surface area contributed by atoms with E-state index in [1.807, 2.05) is 6.92 Å². The van der Waals surface area contributed by atoms with Crippen LogP contribution in [-0.4, -0.2) is 36.6 Å². The van der Waals surface area contributed by atoms with Crippen LogP contribution in [0.4, 0.5) is 0 Å². The second-order valence-electron chi connectivity index (χ2n) is 5.84. The first-order valence-corrected chi connectivity index (χ1v) is 8.32. The second-order valence-corrected chi connectivity index (χ2v) is 5.84. The number of hydrogen-bond acceptors (Lipinski definition) is 5. The smallest absolute Gasteiger partial charge is 0.289 e. The number of carbonyl (C=O) groups excluding carboxylic acids is 1. The predicted octanol–water partition coefficient (Wildman–Crippen LogP) is 2.98. The zero-order valence-corrected chi connectivity index (χ0v) is 14.1. The number of rotatable bonds is 5. The molecular formula is C19H20N2O4. The monoisotopic (exact) mass is 340 g/mol. The number of carbonyl (C=O) groups is 1. The van der Waals surface area contributed by atoms with Crippen LogP contribution < -0.4 is 4.74 Å². The highest BCUT2D eigenvalue weighted by atomic mass is 16.5. The summed E-state index contributed by atoms with van der Waals surface area (Å²) < 4.78 is 16.8. The van der Waals surface area contributed by atoms with E-state index in [1.54, 1.807) is 41.3 Å². The zero-order valence-electron chi connectivity index (χ0n) is 14.1. The van der Waals surface area contributed by atoms with Crippen LogP contribution in [0.2, 0.25) is 0 Å². The van der Waals surface area contributed by atoms with E-state index in [9.17, 15) is 4.79 Å². The van der Waals surface area contributed by atoms with E-state index >= 15 is 0 Å². The maximum atomic E-state index is 12.5. The molecule has 6 nitrogen and oxygen atoms in total. The van der Waals surface area contributed by atoms with Crippen molar-refractivity contribution in [3.63, 3.8) is 0 Å². The highest BCUT2D eigenvalue weighted by molar-refractivity contribution is 5.91. The minimum Gasteiger partial charge on any atom is -0.486 e. The third-order valence-electron chi connectivity index (χ3n) is 4.12. The van der Waals surface area contributed by atoms with Crippen LogP contribution in [-0.2, 0) is 11.3 Å². The molecule has 1 atom stereocenters. The highest BCUT2D eigenvalue weighted by Crippen LogP contribution is 2.17. The summed E-state index contributed by atoms with van der Waals surface area (Å²) in [6.07, 6.45) is 0.970. The Labute approximate surface area is 146 Å². The van der Waals surface area contributed by atoms with E-state index < -0.39 is 0 Å². The van der Waals surface area contributed by atoms with Crippen LogP contribution in [0.15, 0.2) is 40.8 Å². The van der Waals surface area contributed by atoms with Crippen molar-refractivity contribution in [2.75, 3.05) is 19.7 Å². The molecule has 0 bridgehead atoms. The van der Waals surface area contributed by atoms with Gasteiger partial charge in [-0.05, 0) is 42.8 Å². The summed E-state index contributed by atoms with van der Waals surface area (Å²) in [7, 11) is 0. The molecule has 1 aromatic heterocycles. The van der Waals surface area contributed by atoms with Gasteiger partial charge in [0.25, 0.3) is 5.91 Å². The maximum Gasteiger partial charge on any atom is 0.289 e. The molecule has 0 aliphatic carbocycles. The average molecular weight is 340 g/mol. The lowest BCUT2D eigenvalue weighted by Crippen LogP contribution is -2.45. The zero-order chi connectivity index (χ0) is 17.6. The van der Waals surface area contributed by atoms with Gasteiger partial charge in [-0.25, -0.2) is 0 Å². The van der Waals surface area contributed by atoms with Gasteiger partial charge in [-0.1, -0.05) is 6.92 Å². The van der Waals surface area contributed by atoms with Crippen molar-refractivity contribution in [2.45, 2.75) is 26.1 Å². The summed E-state index contributed by atoms with van der Waals surface area (Å²) in [5.74, 6) is 1.41. The Morgan fingerprint density at radius 1 is 1.32 bits per heavy atom. The molecule has 1 saturated heterocycles. The molecule has 6 heteroatoms. The summed E-state index contributed by atoms with van der Waals surface area (Å²) in [4.78, 5) is 14.3. The molecule has 25 heavy (non-hydrogen) atoms. The predicted molar refractivity (Wildman–Crippen MR) is 90.1 cm³/mol. The third-order valence-corrected chi connectivity index (χ3v) is 4.12. The van der Waals surface area contributed by atoms with Crippen molar-refractivity contribution in [1.82, 2.24) is 4.90 Å². The van der Waals surface area contributed by atoms with Gasteiger partial charge in [0.15, 0.2) is 5.76 Å². The summed E-state index contributed by atoms with van der Waals surface area (Å²) >= 11 is 0. The van der Waals surface area contributed by atoms with Gasteiger partial charge in [-0.3, -0.25) is 4.79 Å². The van der Waals surface area contributed by atoms with Crippen molar-refractivity contribution in [1.29, 1.82) is 5.26 Å². The minimum absolute atomic E-state index is 0.0897. The van der Waals surface area contributed by atoms with Gasteiger partial charge in [0.2, 0.25) is 0 Å². The van der Waals surface area contributed by atoms with Crippen molar-refractivity contribution in [2.24, 2.45) is 0 Å². The van der Waals surface area contributed by atoms with Gasteiger partial charge in [0.1, 0.15) is 18.1 Å². The summed E-state index contributed by atoms with van der Waals surface area (Å²) in [6, 6.07) is 12.3. The third kappa shape index (κ3) is 4.20. The molecule has 2 heterocycles. The van der Waals surface area contributed by atoms with Crippen LogP contribution in [0.25, 0.3) is 0 Å². The van der Waals surface area contributed by atoms with Gasteiger partial charge < -0.3 is 18.8 Å². The number of furan rings is 1. The Balaban J connectivity index is 1.58. The summed E-state index contributed by atoms with van der Waals surface area (Å²) in [6.45, 7) is 3.99. The van der Waals surface area contributed by atoms with Crippen LogP contribution in [0, 0.1) is 11.3 Å². The normalized spacial score (nSPS) is 17.1. The number of morpholine rings is 1. The summed E-state index contributed by atoms with van der Waals surface area (Å²) in [5.41, 5.74) is 0.578. The van der Waals surface area contributed by atoms with E-state index in [2.05, 4.69) is 6.07 Å². The Hall–Kier alpha value is -2.78. The molecule has 0 saturated carbocycles. The molecule has 1 aromatic carbocycles. The lowest BCUT2D eigenvalue weighted by atomic mass is 10.2. The van der Waals surface area contributed by atoms with Gasteiger partial charge in [0, 0.05) is 13.1 Å². The number of nitriles is 1. The standard InChI is InChI=1S/C19H20N2O4/c1-2-15-12-21(9-10-23-15)19(22)18-8-7-17(25-18)13-24-16-5-3-14(11-20)4-6-16/h3-8,15H,2,9-10,12-13H2,1H3/t15-/m1/s1.